The van der Waals surface area contributed by atoms with Crippen molar-refractivity contribution in [3.63, 3.8) is 0 Å². The Kier molecular flexibility index (Phi) is 48.0. The van der Waals surface area contributed by atoms with Gasteiger partial charge in [-0.2, -0.15) is 0 Å². The smallest absolute Gasteiger partial charge is 0.870 e. The molecular weight excluding hydrogens is 1850 g/mol. The predicted molar refractivity (Wildman–Crippen MR) is 513 cm³/mol. The number of carboxylic acids is 1. The minimum absolute atomic E-state index is 0. The van der Waals surface area contributed by atoms with E-state index in [2.05, 4.69) is 45.8 Å². The van der Waals surface area contributed by atoms with Crippen LogP contribution in [0.2, 0.25) is 0 Å². The Bertz CT molecular complexity index is 4780. The fourth-order valence-corrected chi connectivity index (χ4v) is 19.0. The molecule has 0 spiro atoms. The van der Waals surface area contributed by atoms with Gasteiger partial charge in [0, 0.05) is 86.2 Å². The number of methoxy groups -OCH3 is 2. The van der Waals surface area contributed by atoms with Gasteiger partial charge in [-0.05, 0) is 347 Å². The number of aromatic carboxylic acids is 1. The average molecular weight is 2000 g/mol. The number of rotatable bonds is 33. The molecule has 0 bridgehead atoms. The molecule has 4 aliphatic carbocycles. The van der Waals surface area contributed by atoms with Crippen LogP contribution in [0.4, 0.5) is 17.6 Å². The number of hydrogen-bond acceptors (Lipinski definition) is 22. The summed E-state index contributed by atoms with van der Waals surface area (Å²) in [7, 11) is -4.43. The number of nitrogens with one attached hydrogen (secondary N) is 2. The van der Waals surface area contributed by atoms with E-state index in [-0.39, 0.29) is 137 Å². The van der Waals surface area contributed by atoms with Gasteiger partial charge < -0.3 is 59.2 Å². The fourth-order valence-electron chi connectivity index (χ4n) is 18.3. The number of amides is 5. The van der Waals surface area contributed by atoms with Crippen LogP contribution in [0.25, 0.3) is 0 Å². The van der Waals surface area contributed by atoms with Crippen LogP contribution in [-0.2, 0) is 55.1 Å². The minimum Gasteiger partial charge on any atom is -0.870 e. The molecule has 135 heavy (non-hydrogen) atoms. The zero-order valence-electron chi connectivity index (χ0n) is 83.3. The van der Waals surface area contributed by atoms with Crippen LogP contribution in [0.5, 0.6) is 17.2 Å². The van der Waals surface area contributed by atoms with Gasteiger partial charge in [0.25, 0.3) is 5.91 Å². The minimum atomic E-state index is -3.81. The van der Waals surface area contributed by atoms with Crippen LogP contribution in [0, 0.1) is 29.2 Å². The summed E-state index contributed by atoms with van der Waals surface area (Å²) in [5.74, 6) is -2.41. The van der Waals surface area contributed by atoms with Gasteiger partial charge in [-0.1, -0.05) is 15.9 Å². The number of hydrogen-bond donors (Lipinski definition) is 4. The molecular formula is C98H150BrF4LiN10O19S2. The first-order valence-corrected chi connectivity index (χ1v) is 52.3. The molecule has 4 saturated heterocycles. The Morgan fingerprint density at radius 1 is 0.452 bits per heavy atom. The molecule has 8 fully saturated rings. The van der Waals surface area contributed by atoms with Crippen LogP contribution in [-0.4, -0.2) is 280 Å². The van der Waals surface area contributed by atoms with Crippen molar-refractivity contribution in [3.8, 4) is 17.2 Å². The Balaban J connectivity index is 0.000000302. The topological polar surface area (TPSA) is 374 Å². The normalized spacial score (nSPS) is 18.2. The summed E-state index contributed by atoms with van der Waals surface area (Å²) in [6.07, 6.45) is 18.9. The summed E-state index contributed by atoms with van der Waals surface area (Å²) in [6, 6.07) is 12.9. The van der Waals surface area contributed by atoms with Gasteiger partial charge in [-0.3, -0.25) is 38.7 Å². The molecule has 6 N–H and O–H groups in total. The summed E-state index contributed by atoms with van der Waals surface area (Å²) < 4.78 is 129. The van der Waals surface area contributed by atoms with Crippen molar-refractivity contribution in [2.75, 3.05) is 104 Å². The first kappa shape index (κ1) is 118. The quantitative estimate of drug-likeness (QED) is 0.0149. The number of esters is 2. The van der Waals surface area contributed by atoms with E-state index in [0.29, 0.717) is 85.8 Å². The molecule has 4 aromatic rings. The second kappa shape index (κ2) is 54.9. The maximum absolute atomic E-state index is 14.8. The Morgan fingerprint density at radius 3 is 1.02 bits per heavy atom. The zero-order chi connectivity index (χ0) is 99.0. The summed E-state index contributed by atoms with van der Waals surface area (Å²) in [4.78, 5) is 111. The number of benzene rings is 4. The molecule has 4 aromatic carbocycles. The molecule has 0 radical (unpaired) electrons. The molecule has 29 nitrogen and oxygen atoms in total. The van der Waals surface area contributed by atoms with Gasteiger partial charge in [0.2, 0.25) is 43.7 Å². The third-order valence-corrected chi connectivity index (χ3v) is 25.5. The van der Waals surface area contributed by atoms with Gasteiger partial charge in [0.15, 0.2) is 0 Å². The van der Waals surface area contributed by atoms with Gasteiger partial charge in [0.05, 0.1) is 73.9 Å². The van der Waals surface area contributed by atoms with Crippen LogP contribution in [0.1, 0.15) is 313 Å². The summed E-state index contributed by atoms with van der Waals surface area (Å²) in [5, 5.41) is 17.3. The van der Waals surface area contributed by atoms with E-state index in [9.17, 15) is 77.9 Å². The molecule has 4 saturated carbocycles. The van der Waals surface area contributed by atoms with Crippen molar-refractivity contribution in [2.24, 2.45) is 11.1 Å². The number of likely N-dealkylation sites (tertiary alicyclic amines) is 3. The number of primary sulfonamides is 1. The molecule has 37 heteroatoms. The Morgan fingerprint density at radius 2 is 0.733 bits per heavy atom. The van der Waals surface area contributed by atoms with E-state index < -0.39 is 67.1 Å². The van der Waals surface area contributed by atoms with Crippen molar-refractivity contribution in [1.82, 2.24) is 44.3 Å². The molecule has 3 unspecified atom stereocenters. The molecule has 8 aliphatic rings. The van der Waals surface area contributed by atoms with E-state index in [0.717, 1.165) is 182 Å². The van der Waals surface area contributed by atoms with Crippen molar-refractivity contribution in [1.29, 1.82) is 0 Å². The number of nitrogens with zero attached hydrogens (tertiary/aromatic N) is 7. The number of alkyl halides is 1. The van der Waals surface area contributed by atoms with Gasteiger partial charge in [-0.25, -0.2) is 58.6 Å². The molecule has 0 aromatic heterocycles. The third kappa shape index (κ3) is 38.2. The SMILES string of the molecule is CC(C)N(C(=O)CBr)C(C)C.CC(C)N(C(=O)CN1CCCC(Oc2cc(F)c(C(=O)NS(C)(=O)=O)cc2C2CC2)C1)C(C)C.CC(C)N(C(=O)CN1CCCC(Oc2cc(F)c(C(=O)O)cc2C2CC2)C1)C(C)C.COC(=O)c1cc(C2CC2)c(CCC2CCNCC2)cc1F.COC(=O)c1cc(C2CC2)c(OC2CCCN(CC(=O)N(C(C)C)C(C)C)C2)cc1F.CS(N)(=O)=O.[Li+].[OH-]. The maximum atomic E-state index is 14.8. The van der Waals surface area contributed by atoms with E-state index in [4.69, 9.17) is 18.9 Å². The number of carbonyl (C=O) groups is 8. The van der Waals surface area contributed by atoms with Crippen LogP contribution < -0.4 is 48.2 Å². The average Bonchev–Trinajstić information content (AvgIpc) is 1.70. The maximum Gasteiger partial charge on any atom is 1.00 e. The van der Waals surface area contributed by atoms with Crippen LogP contribution >= 0.6 is 15.9 Å². The van der Waals surface area contributed by atoms with Crippen LogP contribution in [0.3, 0.4) is 0 Å². The van der Waals surface area contributed by atoms with Crippen molar-refractivity contribution >= 4 is 83.4 Å². The molecule has 4 heterocycles. The predicted octanol–water partition coefficient (Wildman–Crippen LogP) is 11.9. The zero-order valence-corrected chi connectivity index (χ0v) is 86.5. The molecule has 754 valence electrons. The first-order valence-electron chi connectivity index (χ1n) is 47.3. The number of aryl methyl sites for hydroxylation is 1. The van der Waals surface area contributed by atoms with E-state index in [1.54, 1.807) is 18.2 Å². The van der Waals surface area contributed by atoms with E-state index >= 15 is 0 Å². The number of carboxylic acid groups (broad SMARTS) is 1. The van der Waals surface area contributed by atoms with Gasteiger partial charge >= 0.3 is 36.8 Å². The number of carbonyl (C=O) groups excluding carboxylic acids is 7. The van der Waals surface area contributed by atoms with E-state index in [1.165, 1.54) is 57.4 Å². The number of halogens is 5. The monoisotopic (exact) mass is 2000 g/mol. The Hall–Kier alpha value is -7.50. The standard InChI is InChI=1S/C24H36FN3O5S.C24H35FN2O4.C23H33FN2O4.C18H24FNO2.C8H16BrNO.CH5NO2S.Li.H2O/c1-15(2)28(16(3)4)23(29)14-27-10-6-7-18(13-27)33-22-12-21(25)20(11-19(22)17-8-9-17)24(30)26-34(5,31)32;1-15(2)27(16(3)4)23(28)14-26-10-6-7-18(13-26)31-22-12-21(25)20(24(29)30-5)11-19(22)17-8-9-17;1-14(2)26(15(3)4)22(27)13-25-9-5-6-17(12-25)30-21-11-20(24)19(23(28)29)10-18(21)16-7-8-16;1-22-18(21)16-11-15(13-4-5-13)14(10-17(16)19)3-2-12-6-8-20-9-7-12;1-6(2)10(7(3)4)8(11)5-9;1-5(2,3)4;;/h11-12,15-18H,6-10,13-14H2,1-5H3,(H,26,30);11-12,15-18H,6-10,13-14H2,1-5H3;10-11,14-17H,5-9,12-13H2,1-4H3,(H,28,29);10-13,20H,2-9H2,1H3;6-7H,5H2,1-4H3;1H3,(H2,2,3,4);;1H2/q;;;;;;+1;/p-1. The number of ether oxygens (including phenoxy) is 5. The second-order valence-corrected chi connectivity index (χ2v) is 42.7. The summed E-state index contributed by atoms with van der Waals surface area (Å²) in [5.41, 5.74) is 4.06. The largest absolute Gasteiger partial charge is 1.00 e. The van der Waals surface area contributed by atoms with Crippen LogP contribution in [0.15, 0.2) is 48.5 Å². The molecule has 3 atom stereocenters. The molecule has 5 amide bonds. The summed E-state index contributed by atoms with van der Waals surface area (Å²) in [6.45, 7) is 39.8. The van der Waals surface area contributed by atoms with Gasteiger partial charge in [0.1, 0.15) is 58.8 Å². The third-order valence-electron chi connectivity index (χ3n) is 24.5. The van der Waals surface area contributed by atoms with Crippen molar-refractivity contribution in [2.45, 2.75) is 317 Å². The Labute approximate surface area is 819 Å². The van der Waals surface area contributed by atoms with E-state index in [1.807, 2.05) is 135 Å². The van der Waals surface area contributed by atoms with Crippen molar-refractivity contribution < 1.29 is 126 Å². The first-order chi connectivity index (χ1) is 62.4. The van der Waals surface area contributed by atoms with Gasteiger partial charge in [-0.15, -0.1) is 0 Å². The number of nitrogens with two attached hydrogens (primary N) is 1. The van der Waals surface area contributed by atoms with Crippen molar-refractivity contribution in [3.05, 3.63) is 122 Å². The molecule has 12 rings (SSSR count). The number of sulfonamides is 2. The summed E-state index contributed by atoms with van der Waals surface area (Å²) >= 11 is 3.16. The fraction of sp³-hybridized carbons (Fsp3) is 0.673. The number of piperidine rings is 4. The second-order valence-electron chi connectivity index (χ2n) is 38.7. The molecule has 4 aliphatic heterocycles.